The molecule has 4 nitrogen and oxygen atoms in total. The van der Waals surface area contributed by atoms with E-state index in [0.717, 1.165) is 5.69 Å². The summed E-state index contributed by atoms with van der Waals surface area (Å²) in [5, 5.41) is 0. The van der Waals surface area contributed by atoms with Gasteiger partial charge in [-0.2, -0.15) is 0 Å². The van der Waals surface area contributed by atoms with Gasteiger partial charge in [0.25, 0.3) is 0 Å². The number of benzene rings is 2. The van der Waals surface area contributed by atoms with E-state index in [4.69, 9.17) is 21.1 Å². The molecular formula is C15H10ClFN2O2. The first-order valence-electron chi connectivity index (χ1n) is 6.39. The third kappa shape index (κ3) is 1.93. The summed E-state index contributed by atoms with van der Waals surface area (Å²) < 4.78 is 26.1. The second-order valence-electron chi connectivity index (χ2n) is 4.67. The zero-order valence-electron chi connectivity index (χ0n) is 10.8. The van der Waals surface area contributed by atoms with E-state index in [1.165, 1.54) is 12.1 Å². The number of nitrogens with zero attached hydrogens (tertiary/aromatic N) is 2. The minimum atomic E-state index is -0.314. The van der Waals surface area contributed by atoms with Crippen LogP contribution in [0.3, 0.4) is 0 Å². The molecule has 0 spiro atoms. The first kappa shape index (κ1) is 12.5. The molecule has 2 aromatic carbocycles. The van der Waals surface area contributed by atoms with Crippen molar-refractivity contribution in [3.05, 3.63) is 48.0 Å². The molecule has 0 atom stereocenters. The number of alkyl halides is 1. The van der Waals surface area contributed by atoms with Gasteiger partial charge < -0.3 is 9.47 Å². The highest BCUT2D eigenvalue weighted by Crippen LogP contribution is 2.35. The monoisotopic (exact) mass is 304 g/mol. The molecule has 2 heterocycles. The zero-order chi connectivity index (χ0) is 14.4. The van der Waals surface area contributed by atoms with Gasteiger partial charge in [-0.3, -0.25) is 4.57 Å². The molecule has 0 N–H and O–H groups in total. The van der Waals surface area contributed by atoms with Crippen LogP contribution in [0.2, 0.25) is 0 Å². The molecule has 0 radical (unpaired) electrons. The van der Waals surface area contributed by atoms with Crippen molar-refractivity contribution in [2.24, 2.45) is 0 Å². The highest BCUT2D eigenvalue weighted by Gasteiger charge is 2.17. The average Bonchev–Trinajstić information content (AvgIpc) is 3.09. The van der Waals surface area contributed by atoms with Crippen LogP contribution in [0.4, 0.5) is 4.39 Å². The number of ether oxygens (including phenoxy) is 2. The van der Waals surface area contributed by atoms with Gasteiger partial charge in [0.1, 0.15) is 11.6 Å². The lowest BCUT2D eigenvalue weighted by Crippen LogP contribution is -1.99. The maximum atomic E-state index is 13.5. The number of imidazole rings is 1. The van der Waals surface area contributed by atoms with Crippen LogP contribution in [0, 0.1) is 5.82 Å². The maximum Gasteiger partial charge on any atom is 0.231 e. The molecular weight excluding hydrogens is 295 g/mol. The molecule has 0 saturated carbocycles. The van der Waals surface area contributed by atoms with Crippen LogP contribution in [-0.4, -0.2) is 16.3 Å². The fourth-order valence-corrected chi connectivity index (χ4v) is 2.68. The molecule has 3 aromatic rings. The lowest BCUT2D eigenvalue weighted by atomic mass is 10.2. The molecule has 0 unspecified atom stereocenters. The first-order chi connectivity index (χ1) is 10.3. The maximum absolute atomic E-state index is 13.5. The van der Waals surface area contributed by atoms with Gasteiger partial charge in [0, 0.05) is 12.1 Å². The third-order valence-corrected chi connectivity index (χ3v) is 3.66. The van der Waals surface area contributed by atoms with Crippen LogP contribution in [0.1, 0.15) is 5.82 Å². The molecule has 1 aromatic heterocycles. The molecule has 0 bridgehead atoms. The Morgan fingerprint density at radius 1 is 1.14 bits per heavy atom. The minimum Gasteiger partial charge on any atom is -0.454 e. The van der Waals surface area contributed by atoms with Crippen LogP contribution in [0.5, 0.6) is 11.5 Å². The summed E-state index contributed by atoms with van der Waals surface area (Å²) in [6, 6.07) is 10.0. The lowest BCUT2D eigenvalue weighted by molar-refractivity contribution is 0.174. The summed E-state index contributed by atoms with van der Waals surface area (Å²) in [6.07, 6.45) is 0. The van der Waals surface area contributed by atoms with Gasteiger partial charge in [-0.25, -0.2) is 9.37 Å². The van der Waals surface area contributed by atoms with Crippen molar-refractivity contribution < 1.29 is 13.9 Å². The van der Waals surface area contributed by atoms with Crippen LogP contribution >= 0.6 is 11.6 Å². The van der Waals surface area contributed by atoms with Gasteiger partial charge >= 0.3 is 0 Å². The number of aromatic nitrogens is 2. The van der Waals surface area contributed by atoms with Gasteiger partial charge in [-0.15, -0.1) is 11.6 Å². The summed E-state index contributed by atoms with van der Waals surface area (Å²) in [7, 11) is 0. The second kappa shape index (κ2) is 4.63. The van der Waals surface area contributed by atoms with Crippen LogP contribution in [0.15, 0.2) is 36.4 Å². The van der Waals surface area contributed by atoms with E-state index in [1.54, 1.807) is 6.07 Å². The minimum absolute atomic E-state index is 0.209. The normalized spacial score (nSPS) is 13.0. The van der Waals surface area contributed by atoms with E-state index in [1.807, 2.05) is 22.8 Å². The third-order valence-electron chi connectivity index (χ3n) is 3.42. The van der Waals surface area contributed by atoms with E-state index in [9.17, 15) is 4.39 Å². The SMILES string of the molecule is Fc1ccc2nc(CCl)n(-c3ccc4c(c3)OCO4)c2c1. The first-order valence-corrected chi connectivity index (χ1v) is 6.92. The molecule has 0 saturated heterocycles. The summed E-state index contributed by atoms with van der Waals surface area (Å²) in [6.45, 7) is 0.209. The Morgan fingerprint density at radius 2 is 2.00 bits per heavy atom. The van der Waals surface area contributed by atoms with Crippen molar-refractivity contribution in [2.45, 2.75) is 5.88 Å². The molecule has 0 amide bonds. The summed E-state index contributed by atoms with van der Waals surface area (Å²) in [5.41, 5.74) is 2.18. The van der Waals surface area contributed by atoms with Crippen LogP contribution in [-0.2, 0) is 5.88 Å². The number of fused-ring (bicyclic) bond motifs is 2. The molecule has 1 aliphatic heterocycles. The molecule has 6 heteroatoms. The predicted octanol–water partition coefficient (Wildman–Crippen LogP) is 3.63. The van der Waals surface area contributed by atoms with Crippen molar-refractivity contribution in [1.82, 2.24) is 9.55 Å². The molecule has 106 valence electrons. The highest BCUT2D eigenvalue weighted by atomic mass is 35.5. The predicted molar refractivity (Wildman–Crippen MR) is 76.7 cm³/mol. The Labute approximate surface area is 124 Å². The van der Waals surface area contributed by atoms with Gasteiger partial charge in [-0.05, 0) is 24.3 Å². The van der Waals surface area contributed by atoms with Crippen LogP contribution < -0.4 is 9.47 Å². The van der Waals surface area contributed by atoms with Crippen molar-refractivity contribution in [2.75, 3.05) is 6.79 Å². The van der Waals surface area contributed by atoms with Gasteiger partial charge in [0.15, 0.2) is 11.5 Å². The van der Waals surface area contributed by atoms with Crippen molar-refractivity contribution >= 4 is 22.6 Å². The Kier molecular flexibility index (Phi) is 2.75. The Morgan fingerprint density at radius 3 is 2.86 bits per heavy atom. The van der Waals surface area contributed by atoms with E-state index >= 15 is 0 Å². The molecule has 1 aliphatic rings. The number of rotatable bonds is 2. The second-order valence-corrected chi connectivity index (χ2v) is 4.93. The summed E-state index contributed by atoms with van der Waals surface area (Å²) in [4.78, 5) is 4.43. The quantitative estimate of drug-likeness (QED) is 0.678. The van der Waals surface area contributed by atoms with Crippen LogP contribution in [0.25, 0.3) is 16.7 Å². The standard InChI is InChI=1S/C15H10ClFN2O2/c16-7-15-18-11-3-1-9(17)5-12(11)19(15)10-2-4-13-14(6-10)21-8-20-13/h1-6H,7-8H2. The Balaban J connectivity index is 1.98. The fourth-order valence-electron chi connectivity index (χ4n) is 2.50. The Hall–Kier alpha value is -2.27. The van der Waals surface area contributed by atoms with E-state index in [-0.39, 0.29) is 18.5 Å². The van der Waals surface area contributed by atoms with E-state index < -0.39 is 0 Å². The molecule has 21 heavy (non-hydrogen) atoms. The largest absolute Gasteiger partial charge is 0.454 e. The average molecular weight is 305 g/mol. The van der Waals surface area contributed by atoms with Crippen molar-refractivity contribution in [1.29, 1.82) is 0 Å². The molecule has 0 fully saturated rings. The number of hydrogen-bond acceptors (Lipinski definition) is 3. The topological polar surface area (TPSA) is 36.3 Å². The number of hydrogen-bond donors (Lipinski definition) is 0. The smallest absolute Gasteiger partial charge is 0.231 e. The highest BCUT2D eigenvalue weighted by molar-refractivity contribution is 6.17. The number of halogens is 2. The van der Waals surface area contributed by atoms with Gasteiger partial charge in [0.05, 0.1) is 22.6 Å². The molecule has 4 rings (SSSR count). The van der Waals surface area contributed by atoms with Gasteiger partial charge in [0.2, 0.25) is 6.79 Å². The van der Waals surface area contributed by atoms with E-state index in [0.29, 0.717) is 28.4 Å². The van der Waals surface area contributed by atoms with Gasteiger partial charge in [-0.1, -0.05) is 0 Å². The van der Waals surface area contributed by atoms with E-state index in [2.05, 4.69) is 4.98 Å². The molecule has 0 aliphatic carbocycles. The summed E-state index contributed by atoms with van der Waals surface area (Å²) in [5.74, 6) is 1.92. The van der Waals surface area contributed by atoms with Crippen molar-refractivity contribution in [3.8, 4) is 17.2 Å². The Bertz CT molecular complexity index is 847. The van der Waals surface area contributed by atoms with Crippen molar-refractivity contribution in [3.63, 3.8) is 0 Å². The summed E-state index contributed by atoms with van der Waals surface area (Å²) >= 11 is 5.98. The fraction of sp³-hybridized carbons (Fsp3) is 0.133. The lowest BCUT2D eigenvalue weighted by Gasteiger charge is -2.08. The zero-order valence-corrected chi connectivity index (χ0v) is 11.6.